The molecule has 0 atom stereocenters. The summed E-state index contributed by atoms with van der Waals surface area (Å²) in [5, 5.41) is 18.0. The van der Waals surface area contributed by atoms with Crippen LogP contribution in [-0.4, -0.2) is 20.6 Å². The lowest BCUT2D eigenvalue weighted by Gasteiger charge is -2.11. The summed E-state index contributed by atoms with van der Waals surface area (Å²) in [5.41, 5.74) is 0.707. The van der Waals surface area contributed by atoms with E-state index in [1.54, 1.807) is 0 Å². The number of carbonyl (C=O) groups excluding carboxylic acids is 1. The Bertz CT molecular complexity index is 1480. The van der Waals surface area contributed by atoms with Gasteiger partial charge >= 0.3 is 6.18 Å². The van der Waals surface area contributed by atoms with E-state index in [0.29, 0.717) is 5.75 Å². The van der Waals surface area contributed by atoms with Crippen LogP contribution in [-0.2, 0) is 12.9 Å². The first kappa shape index (κ1) is 26.2. The van der Waals surface area contributed by atoms with Gasteiger partial charge in [-0.25, -0.2) is 4.68 Å². The lowest BCUT2D eigenvalue weighted by molar-refractivity contribution is -0.384. The molecular weight excluding hydrogens is 505 g/mol. The molecule has 1 aromatic heterocycles. The molecule has 0 unspecified atom stereocenters. The number of hydrogen-bond acceptors (Lipinski definition) is 6. The van der Waals surface area contributed by atoms with E-state index >= 15 is 0 Å². The summed E-state index contributed by atoms with van der Waals surface area (Å²) in [6.07, 6.45) is -3.05. The topological polar surface area (TPSA) is 109 Å². The Labute approximate surface area is 214 Å². The molecule has 0 fully saturated rings. The molecule has 12 heteroatoms. The van der Waals surface area contributed by atoms with Gasteiger partial charge in [0, 0.05) is 18.3 Å². The molecule has 0 spiro atoms. The minimum Gasteiger partial charge on any atom is -0.471 e. The van der Waals surface area contributed by atoms with Crippen LogP contribution in [0.3, 0.4) is 0 Å². The number of hydrogen-bond donors (Lipinski definition) is 1. The van der Waals surface area contributed by atoms with E-state index in [4.69, 9.17) is 9.47 Å². The fraction of sp³-hybridized carbons (Fsp3) is 0.154. The summed E-state index contributed by atoms with van der Waals surface area (Å²) >= 11 is 0. The summed E-state index contributed by atoms with van der Waals surface area (Å²) in [6, 6.07) is 14.6. The monoisotopic (exact) mass is 526 g/mol. The van der Waals surface area contributed by atoms with Gasteiger partial charge in [-0.3, -0.25) is 14.9 Å². The summed E-state index contributed by atoms with van der Waals surface area (Å²) in [4.78, 5) is 23.4. The predicted molar refractivity (Wildman–Crippen MR) is 131 cm³/mol. The van der Waals surface area contributed by atoms with Gasteiger partial charge in [-0.2, -0.15) is 18.3 Å². The van der Waals surface area contributed by atoms with E-state index in [1.165, 1.54) is 29.1 Å². The maximum Gasteiger partial charge on any atom is 0.416 e. The van der Waals surface area contributed by atoms with Crippen molar-refractivity contribution in [2.45, 2.75) is 26.8 Å². The van der Waals surface area contributed by atoms with Gasteiger partial charge in [-0.1, -0.05) is 12.1 Å². The zero-order valence-electron chi connectivity index (χ0n) is 20.2. The minimum absolute atomic E-state index is 0.00721. The summed E-state index contributed by atoms with van der Waals surface area (Å²) in [7, 11) is 0. The number of halogens is 3. The fourth-order valence-electron chi connectivity index (χ4n) is 3.60. The maximum atomic E-state index is 13.0. The van der Waals surface area contributed by atoms with E-state index in [-0.39, 0.29) is 29.6 Å². The number of nitrogens with one attached hydrogen (secondary N) is 1. The van der Waals surface area contributed by atoms with E-state index in [2.05, 4.69) is 10.4 Å². The number of aryl methyl sites for hydroxylation is 2. The highest BCUT2D eigenvalue weighted by Gasteiger charge is 2.30. The Morgan fingerprint density at radius 1 is 1.00 bits per heavy atom. The average Bonchev–Trinajstić information content (AvgIpc) is 3.31. The Kier molecular flexibility index (Phi) is 7.33. The number of anilines is 1. The molecule has 4 aromatic rings. The highest BCUT2D eigenvalue weighted by molar-refractivity contribution is 6.03. The number of benzene rings is 3. The molecule has 0 bridgehead atoms. The van der Waals surface area contributed by atoms with Crippen LogP contribution in [0.5, 0.6) is 17.2 Å². The first-order valence-electron chi connectivity index (χ1n) is 11.2. The maximum absolute atomic E-state index is 13.0. The molecule has 1 amide bonds. The molecule has 0 aliphatic heterocycles. The number of carbonyl (C=O) groups is 1. The van der Waals surface area contributed by atoms with Gasteiger partial charge in [0.1, 0.15) is 17.2 Å². The fourth-order valence-corrected chi connectivity index (χ4v) is 3.60. The number of ether oxygens (including phenoxy) is 2. The Balaban J connectivity index is 1.48. The van der Waals surface area contributed by atoms with E-state index in [0.717, 1.165) is 41.5 Å². The molecule has 0 saturated carbocycles. The van der Waals surface area contributed by atoms with Crippen molar-refractivity contribution in [2.75, 3.05) is 5.32 Å². The van der Waals surface area contributed by atoms with Crippen molar-refractivity contribution in [3.05, 3.63) is 105 Å². The Morgan fingerprint density at radius 3 is 2.42 bits per heavy atom. The summed E-state index contributed by atoms with van der Waals surface area (Å²) in [5.74, 6) is -0.337. The van der Waals surface area contributed by atoms with Gasteiger partial charge in [-0.05, 0) is 61.4 Å². The highest BCUT2D eigenvalue weighted by atomic mass is 19.4. The first-order chi connectivity index (χ1) is 18.0. The molecule has 3 aromatic carbocycles. The van der Waals surface area contributed by atoms with Crippen molar-refractivity contribution in [2.24, 2.45) is 0 Å². The zero-order chi connectivity index (χ0) is 27.4. The number of alkyl halides is 3. The van der Waals surface area contributed by atoms with Crippen LogP contribution in [0.2, 0.25) is 0 Å². The van der Waals surface area contributed by atoms with Crippen LogP contribution in [0.4, 0.5) is 24.5 Å². The molecule has 1 heterocycles. The molecule has 1 N–H and O–H groups in total. The largest absolute Gasteiger partial charge is 0.471 e. The zero-order valence-corrected chi connectivity index (χ0v) is 20.2. The minimum atomic E-state index is -4.59. The number of aromatic nitrogens is 2. The van der Waals surface area contributed by atoms with Crippen molar-refractivity contribution in [3.63, 3.8) is 0 Å². The summed E-state index contributed by atoms with van der Waals surface area (Å²) in [6.45, 7) is 3.93. The van der Waals surface area contributed by atoms with Crippen molar-refractivity contribution in [1.82, 2.24) is 9.78 Å². The lowest BCUT2D eigenvalue weighted by atomic mass is 10.1. The molecule has 0 aliphatic carbocycles. The van der Waals surface area contributed by atoms with Gasteiger partial charge in [-0.15, -0.1) is 0 Å². The van der Waals surface area contributed by atoms with Crippen molar-refractivity contribution < 1.29 is 32.4 Å². The van der Waals surface area contributed by atoms with Crippen LogP contribution in [0, 0.1) is 24.0 Å². The van der Waals surface area contributed by atoms with Crippen LogP contribution < -0.4 is 14.8 Å². The molecule has 0 aliphatic rings. The smallest absolute Gasteiger partial charge is 0.416 e. The van der Waals surface area contributed by atoms with Gasteiger partial charge in [0.2, 0.25) is 0 Å². The van der Waals surface area contributed by atoms with Crippen LogP contribution in [0.25, 0.3) is 0 Å². The van der Waals surface area contributed by atoms with Crippen LogP contribution >= 0.6 is 0 Å². The number of rotatable bonds is 8. The molecule has 0 radical (unpaired) electrons. The average molecular weight is 526 g/mol. The molecule has 4 rings (SSSR count). The third-order valence-corrected chi connectivity index (χ3v) is 5.19. The molecule has 38 heavy (non-hydrogen) atoms. The van der Waals surface area contributed by atoms with Crippen molar-refractivity contribution in [1.29, 1.82) is 0 Å². The van der Waals surface area contributed by atoms with Gasteiger partial charge < -0.3 is 14.8 Å². The molecule has 196 valence electrons. The third-order valence-electron chi connectivity index (χ3n) is 5.19. The number of non-ortho nitro benzene ring substituents is 1. The second kappa shape index (κ2) is 10.6. The second-order valence-corrected chi connectivity index (χ2v) is 8.39. The number of nitrogens with zero attached hydrogens (tertiary/aromatic N) is 3. The SMILES string of the molecule is Cc1cc(C)cc(OCn2ccc(C(=O)Nc3cc(Oc4cccc(C(F)(F)F)c4)cc([N+](=O)[O-])c3)n2)c1. The summed E-state index contributed by atoms with van der Waals surface area (Å²) < 4.78 is 51.6. The van der Waals surface area contributed by atoms with Crippen LogP contribution in [0.15, 0.2) is 72.9 Å². The van der Waals surface area contributed by atoms with E-state index in [9.17, 15) is 28.1 Å². The molecule has 9 nitrogen and oxygen atoms in total. The third kappa shape index (κ3) is 6.66. The molecule has 0 saturated heterocycles. The lowest BCUT2D eigenvalue weighted by Crippen LogP contribution is -2.14. The standard InChI is InChI=1S/C26H21F3N4O5/c1-16-8-17(2)10-22(9-16)37-15-32-7-6-24(31-32)25(34)30-19-12-20(33(35)36)14-23(13-19)38-21-5-3-4-18(11-21)26(27,28)29/h3-14H,15H2,1-2H3,(H,30,34). The van der Waals surface area contributed by atoms with Gasteiger partial charge in [0.05, 0.1) is 22.2 Å². The normalized spacial score (nSPS) is 11.2. The van der Waals surface area contributed by atoms with E-state index < -0.39 is 28.3 Å². The van der Waals surface area contributed by atoms with Gasteiger partial charge in [0.25, 0.3) is 11.6 Å². The first-order valence-corrected chi connectivity index (χ1v) is 11.2. The molecular formula is C26H21F3N4O5. The van der Waals surface area contributed by atoms with Crippen LogP contribution in [0.1, 0.15) is 27.2 Å². The quantitative estimate of drug-likeness (QED) is 0.207. The number of nitro benzene ring substituents is 1. The second-order valence-electron chi connectivity index (χ2n) is 8.39. The number of amides is 1. The highest BCUT2D eigenvalue weighted by Crippen LogP contribution is 2.34. The predicted octanol–water partition coefficient (Wildman–Crippen LogP) is 6.51. The Hall–Kier alpha value is -4.87. The van der Waals surface area contributed by atoms with Gasteiger partial charge in [0.15, 0.2) is 12.4 Å². The number of nitro groups is 1. The van der Waals surface area contributed by atoms with Crippen molar-refractivity contribution >= 4 is 17.3 Å². The Morgan fingerprint density at radius 2 is 1.74 bits per heavy atom. The van der Waals surface area contributed by atoms with E-state index in [1.807, 2.05) is 32.0 Å². The van der Waals surface area contributed by atoms with Crippen molar-refractivity contribution in [3.8, 4) is 17.2 Å².